The second kappa shape index (κ2) is 8.10. The quantitative estimate of drug-likeness (QED) is 0.654. The zero-order chi connectivity index (χ0) is 21.6. The van der Waals surface area contributed by atoms with Crippen molar-refractivity contribution in [2.24, 2.45) is 5.41 Å². The largest absolute Gasteiger partial charge is 0.396 e. The summed E-state index contributed by atoms with van der Waals surface area (Å²) in [4.78, 5) is 5.11. The number of hydrogen-bond acceptors (Lipinski definition) is 5. The topological polar surface area (TPSA) is 30.0 Å². The molecular formula is C25H35N3OS. The van der Waals surface area contributed by atoms with Crippen LogP contribution in [0.1, 0.15) is 51.2 Å². The molecule has 0 bridgehead atoms. The summed E-state index contributed by atoms with van der Waals surface area (Å²) in [6.07, 6.45) is 0.802. The molecule has 30 heavy (non-hydrogen) atoms. The van der Waals surface area contributed by atoms with Gasteiger partial charge in [0.1, 0.15) is 0 Å². The van der Waals surface area contributed by atoms with Crippen molar-refractivity contribution in [2.75, 3.05) is 43.2 Å². The van der Waals surface area contributed by atoms with Crippen LogP contribution >= 0.6 is 11.8 Å². The van der Waals surface area contributed by atoms with E-state index in [1.165, 1.54) is 38.0 Å². The van der Waals surface area contributed by atoms with Crippen LogP contribution in [-0.4, -0.2) is 43.4 Å². The van der Waals surface area contributed by atoms with Gasteiger partial charge in [-0.25, -0.2) is 5.01 Å². The van der Waals surface area contributed by atoms with Gasteiger partial charge in [-0.05, 0) is 54.0 Å². The van der Waals surface area contributed by atoms with Gasteiger partial charge in [0.05, 0.1) is 11.4 Å². The molecule has 0 spiro atoms. The summed E-state index contributed by atoms with van der Waals surface area (Å²) in [6, 6.07) is 11.2. The number of hydrazine groups is 1. The first-order chi connectivity index (χ1) is 14.3. The second-order valence-electron chi connectivity index (χ2n) is 9.23. The molecule has 2 aliphatic rings. The molecular weight excluding hydrogens is 390 g/mol. The predicted molar refractivity (Wildman–Crippen MR) is 128 cm³/mol. The van der Waals surface area contributed by atoms with Crippen LogP contribution in [0.25, 0.3) is 0 Å². The first-order valence-electron chi connectivity index (χ1n) is 11.1. The maximum atomic E-state index is 9.93. The summed E-state index contributed by atoms with van der Waals surface area (Å²) >= 11 is 1.92. The first-order valence-corrected chi connectivity index (χ1v) is 12.0. The summed E-state index contributed by atoms with van der Waals surface area (Å²) < 4.78 is 0. The molecule has 162 valence electrons. The van der Waals surface area contributed by atoms with E-state index in [9.17, 15) is 5.11 Å². The van der Waals surface area contributed by atoms with E-state index < -0.39 is 0 Å². The lowest BCUT2D eigenvalue weighted by atomic mass is 9.69. The van der Waals surface area contributed by atoms with Crippen molar-refractivity contribution < 1.29 is 5.11 Å². The third-order valence-corrected chi connectivity index (χ3v) is 8.15. The molecule has 5 heteroatoms. The summed E-state index contributed by atoms with van der Waals surface area (Å²) in [5, 5.41) is 14.8. The fraction of sp³-hybridized carbons (Fsp3) is 0.520. The molecule has 0 fully saturated rings. The second-order valence-corrected chi connectivity index (χ2v) is 10.3. The Kier molecular flexibility index (Phi) is 5.82. The minimum absolute atomic E-state index is 0.103. The number of fused-ring (bicyclic) bond motifs is 4. The molecule has 0 amide bonds. The van der Waals surface area contributed by atoms with Crippen LogP contribution in [0.3, 0.4) is 0 Å². The summed E-state index contributed by atoms with van der Waals surface area (Å²) in [5.41, 5.74) is 6.70. The van der Waals surface area contributed by atoms with Crippen molar-refractivity contribution in [1.82, 2.24) is 5.01 Å². The Hall–Kier alpha value is -1.69. The van der Waals surface area contributed by atoms with Gasteiger partial charge < -0.3 is 10.0 Å². The zero-order valence-electron chi connectivity index (χ0n) is 19.2. The molecule has 0 radical (unpaired) electrons. The smallest absolute Gasteiger partial charge is 0.0724 e. The van der Waals surface area contributed by atoms with Gasteiger partial charge in [0.25, 0.3) is 0 Å². The van der Waals surface area contributed by atoms with Gasteiger partial charge in [0.15, 0.2) is 0 Å². The van der Waals surface area contributed by atoms with E-state index in [0.29, 0.717) is 5.92 Å². The molecule has 2 aromatic rings. The number of nitrogens with zero attached hydrogens (tertiary/aromatic N) is 3. The fourth-order valence-electron chi connectivity index (χ4n) is 5.36. The molecule has 0 saturated carbocycles. The van der Waals surface area contributed by atoms with E-state index in [0.717, 1.165) is 26.1 Å². The van der Waals surface area contributed by atoms with E-state index in [2.05, 4.69) is 86.9 Å². The van der Waals surface area contributed by atoms with Crippen LogP contribution in [0, 0.1) is 12.3 Å². The number of aliphatic hydroxyl groups is 1. The van der Waals surface area contributed by atoms with E-state index in [1.807, 2.05) is 11.8 Å². The van der Waals surface area contributed by atoms with Crippen LogP contribution in [0.2, 0.25) is 0 Å². The molecule has 0 aliphatic carbocycles. The highest BCUT2D eigenvalue weighted by molar-refractivity contribution is 7.99. The van der Waals surface area contributed by atoms with E-state index in [4.69, 9.17) is 0 Å². The van der Waals surface area contributed by atoms with Gasteiger partial charge in [-0.15, -0.1) is 0 Å². The highest BCUT2D eigenvalue weighted by Crippen LogP contribution is 2.58. The lowest BCUT2D eigenvalue weighted by molar-refractivity contribution is 0.205. The fourth-order valence-corrected chi connectivity index (χ4v) is 6.67. The Morgan fingerprint density at radius 2 is 1.73 bits per heavy atom. The van der Waals surface area contributed by atoms with E-state index in [-0.39, 0.29) is 12.0 Å². The summed E-state index contributed by atoms with van der Waals surface area (Å²) in [7, 11) is 2.21. The molecule has 0 saturated heterocycles. The Bertz CT molecular complexity index is 938. The number of rotatable bonds is 5. The maximum absolute atomic E-state index is 9.93. The monoisotopic (exact) mass is 425 g/mol. The highest BCUT2D eigenvalue weighted by atomic mass is 32.2. The van der Waals surface area contributed by atoms with Crippen molar-refractivity contribution in [2.45, 2.75) is 56.7 Å². The van der Waals surface area contributed by atoms with Gasteiger partial charge in [-0.2, -0.15) is 0 Å². The van der Waals surface area contributed by atoms with Gasteiger partial charge in [0, 0.05) is 48.8 Å². The number of benzene rings is 2. The molecule has 2 aliphatic heterocycles. The van der Waals surface area contributed by atoms with Gasteiger partial charge in [-0.3, -0.25) is 5.01 Å². The number of anilines is 3. The first kappa shape index (κ1) is 21.5. The van der Waals surface area contributed by atoms with Gasteiger partial charge in [-0.1, -0.05) is 51.6 Å². The SMILES string of the molecule is CCN(CC)N1c2cccc(C)c2Sc2c1ccc1c2C(CCO)C(C)(C)CN1C. The van der Waals surface area contributed by atoms with Gasteiger partial charge >= 0.3 is 0 Å². The predicted octanol–water partition coefficient (Wildman–Crippen LogP) is 5.80. The third kappa shape index (κ3) is 3.31. The summed E-state index contributed by atoms with van der Waals surface area (Å²) in [6.45, 7) is 14.5. The van der Waals surface area contributed by atoms with Crippen LogP contribution in [0.15, 0.2) is 40.1 Å². The molecule has 1 atom stereocenters. The Morgan fingerprint density at radius 1 is 1.07 bits per heavy atom. The van der Waals surface area contributed by atoms with Crippen molar-refractivity contribution in [3.05, 3.63) is 41.5 Å². The molecule has 4 nitrogen and oxygen atoms in total. The van der Waals surface area contributed by atoms with Crippen LogP contribution < -0.4 is 9.91 Å². The maximum Gasteiger partial charge on any atom is 0.0724 e. The van der Waals surface area contributed by atoms with Crippen molar-refractivity contribution in [3.8, 4) is 0 Å². The van der Waals surface area contributed by atoms with Gasteiger partial charge in [0.2, 0.25) is 0 Å². The molecule has 2 heterocycles. The molecule has 1 N–H and O–H groups in total. The van der Waals surface area contributed by atoms with Crippen molar-refractivity contribution in [1.29, 1.82) is 0 Å². The lowest BCUT2D eigenvalue weighted by Crippen LogP contribution is -2.43. The average Bonchev–Trinajstić information content (AvgIpc) is 2.71. The van der Waals surface area contributed by atoms with E-state index >= 15 is 0 Å². The Morgan fingerprint density at radius 3 is 2.40 bits per heavy atom. The average molecular weight is 426 g/mol. The molecule has 1 unspecified atom stereocenters. The highest BCUT2D eigenvalue weighted by Gasteiger charge is 2.42. The summed E-state index contributed by atoms with van der Waals surface area (Å²) in [5.74, 6) is 0.334. The third-order valence-electron chi connectivity index (χ3n) is 6.78. The normalized spacial score (nSPS) is 19.5. The van der Waals surface area contributed by atoms with Crippen molar-refractivity contribution >= 4 is 28.8 Å². The molecule has 0 aromatic heterocycles. The Balaban J connectivity index is 1.99. The molecule has 4 rings (SSSR count). The Labute approximate surface area is 185 Å². The lowest BCUT2D eigenvalue weighted by Gasteiger charge is -2.48. The van der Waals surface area contributed by atoms with Crippen LogP contribution in [-0.2, 0) is 0 Å². The number of hydrogen-bond donors (Lipinski definition) is 1. The zero-order valence-corrected chi connectivity index (χ0v) is 20.0. The van der Waals surface area contributed by atoms with Crippen LogP contribution in [0.5, 0.6) is 0 Å². The van der Waals surface area contributed by atoms with Crippen LogP contribution in [0.4, 0.5) is 17.1 Å². The minimum atomic E-state index is 0.103. The molecule has 2 aromatic carbocycles. The van der Waals surface area contributed by atoms with E-state index in [1.54, 1.807) is 0 Å². The minimum Gasteiger partial charge on any atom is -0.396 e. The number of aryl methyl sites for hydroxylation is 1. The standard InChI is InChI=1S/C25H35N3OS/c1-7-27(8-2)28-20-11-9-10-17(3)23(20)30-24-21(28)13-12-19-22(24)18(14-15-29)25(4,5)16-26(19)6/h9-13,18,29H,7-8,14-16H2,1-6H3. The van der Waals surface area contributed by atoms with Crippen molar-refractivity contribution in [3.63, 3.8) is 0 Å². The number of aliphatic hydroxyl groups excluding tert-OH is 1.